The van der Waals surface area contributed by atoms with E-state index in [1.54, 1.807) is 0 Å². The van der Waals surface area contributed by atoms with Crippen LogP contribution < -0.4 is 5.32 Å². The molecule has 0 aliphatic carbocycles. The van der Waals surface area contributed by atoms with Crippen LogP contribution >= 0.6 is 24.5 Å². The molecule has 0 spiro atoms. The topological polar surface area (TPSA) is 59.6 Å². The second-order valence-corrected chi connectivity index (χ2v) is 10.6. The van der Waals surface area contributed by atoms with Gasteiger partial charge in [0, 0.05) is 16.6 Å². The van der Waals surface area contributed by atoms with Crippen molar-refractivity contribution in [2.75, 3.05) is 6.16 Å². The fraction of sp³-hybridized carbons (Fsp3) is 0.0968. The van der Waals surface area contributed by atoms with Crippen molar-refractivity contribution in [3.63, 3.8) is 0 Å². The lowest BCUT2D eigenvalue weighted by atomic mass is 9.90. The largest absolute Gasteiger partial charge is 0.302 e. The summed E-state index contributed by atoms with van der Waals surface area (Å²) in [6.07, 6.45) is 5.52. The standard InChI is InChI=1S/C31H23BrN3P/c32-30-15-21(10-11-25(30)18-34)19-35-31(26-7-4-14-36-20-26)23-12-13-24(17-33)29(16-23)28-9-3-6-22-5-1-2-8-27(22)28/h1-13,15-16,20,31,35-36H,14,19H2. The number of benzene rings is 4. The maximum Gasteiger partial charge on any atom is 0.100 e. The van der Waals surface area contributed by atoms with Gasteiger partial charge in [0.25, 0.3) is 0 Å². The van der Waals surface area contributed by atoms with Crippen LogP contribution in [-0.2, 0) is 6.54 Å². The van der Waals surface area contributed by atoms with E-state index in [-0.39, 0.29) is 6.04 Å². The van der Waals surface area contributed by atoms with E-state index in [4.69, 9.17) is 0 Å². The fourth-order valence-corrected chi connectivity index (χ4v) is 5.98. The molecule has 0 amide bonds. The Morgan fingerprint density at radius 3 is 2.47 bits per heavy atom. The molecule has 1 heterocycles. The summed E-state index contributed by atoms with van der Waals surface area (Å²) < 4.78 is 0.802. The first-order valence-electron chi connectivity index (χ1n) is 11.7. The monoisotopic (exact) mass is 547 g/mol. The van der Waals surface area contributed by atoms with Gasteiger partial charge < -0.3 is 5.32 Å². The van der Waals surface area contributed by atoms with E-state index in [0.29, 0.717) is 17.7 Å². The highest BCUT2D eigenvalue weighted by Gasteiger charge is 2.19. The molecule has 3 nitrogen and oxygen atoms in total. The molecular weight excluding hydrogens is 525 g/mol. The fourth-order valence-electron chi connectivity index (χ4n) is 4.60. The highest BCUT2D eigenvalue weighted by Crippen LogP contribution is 2.36. The zero-order valence-corrected chi connectivity index (χ0v) is 22.1. The first kappa shape index (κ1) is 24.2. The van der Waals surface area contributed by atoms with E-state index in [1.807, 2.05) is 36.4 Å². The Hall–Kier alpha value is -3.53. The van der Waals surface area contributed by atoms with Gasteiger partial charge in [-0.3, -0.25) is 0 Å². The molecular formula is C31H23BrN3P. The summed E-state index contributed by atoms with van der Waals surface area (Å²) in [7, 11) is 0.757. The molecule has 1 aliphatic heterocycles. The van der Waals surface area contributed by atoms with Crippen LogP contribution in [0.1, 0.15) is 28.3 Å². The molecule has 4 aromatic rings. The Morgan fingerprint density at radius 1 is 0.889 bits per heavy atom. The summed E-state index contributed by atoms with van der Waals surface area (Å²) in [6.45, 7) is 0.646. The zero-order valence-electron chi connectivity index (χ0n) is 19.5. The van der Waals surface area contributed by atoms with Crippen molar-refractivity contribution < 1.29 is 0 Å². The molecule has 0 aromatic heterocycles. The number of nitriles is 2. The third kappa shape index (κ3) is 5.04. The van der Waals surface area contributed by atoms with Gasteiger partial charge in [-0.1, -0.05) is 81.1 Å². The van der Waals surface area contributed by atoms with Gasteiger partial charge in [0.05, 0.1) is 23.2 Å². The second kappa shape index (κ2) is 11.0. The average Bonchev–Trinajstić information content (AvgIpc) is 2.93. The SMILES string of the molecule is N#Cc1ccc(CNC(C2=CPCC=C2)c2ccc(C#N)c(-c3cccc4ccccc34)c2)cc1Br. The Labute approximate surface area is 221 Å². The van der Waals surface area contributed by atoms with E-state index in [0.717, 1.165) is 52.2 Å². The minimum atomic E-state index is -0.0232. The van der Waals surface area contributed by atoms with E-state index >= 15 is 0 Å². The van der Waals surface area contributed by atoms with E-state index in [1.165, 1.54) is 5.57 Å². The number of allylic oxidation sites excluding steroid dienone is 1. The number of nitrogens with zero attached hydrogens (tertiary/aromatic N) is 2. The molecule has 5 rings (SSSR count). The van der Waals surface area contributed by atoms with Gasteiger partial charge in [-0.05, 0) is 79.4 Å². The number of fused-ring (bicyclic) bond motifs is 1. The molecule has 0 radical (unpaired) electrons. The summed E-state index contributed by atoms with van der Waals surface area (Å²) in [4.78, 5) is 0. The number of hydrogen-bond donors (Lipinski definition) is 1. The van der Waals surface area contributed by atoms with Gasteiger partial charge >= 0.3 is 0 Å². The first-order chi connectivity index (χ1) is 17.7. The van der Waals surface area contributed by atoms with Crippen molar-refractivity contribution in [3.05, 3.63) is 129 Å². The number of halogens is 1. The number of hydrogen-bond acceptors (Lipinski definition) is 3. The molecule has 1 aliphatic rings. The van der Waals surface area contributed by atoms with Gasteiger partial charge in [0.2, 0.25) is 0 Å². The van der Waals surface area contributed by atoms with Crippen molar-refractivity contribution in [2.45, 2.75) is 12.6 Å². The van der Waals surface area contributed by atoms with E-state index in [2.05, 4.69) is 93.8 Å². The Balaban J connectivity index is 1.56. The summed E-state index contributed by atoms with van der Waals surface area (Å²) in [5, 5.41) is 25.2. The van der Waals surface area contributed by atoms with E-state index < -0.39 is 0 Å². The normalized spacial score (nSPS) is 14.2. The lowest BCUT2D eigenvalue weighted by Crippen LogP contribution is -2.23. The Kier molecular flexibility index (Phi) is 7.41. The highest BCUT2D eigenvalue weighted by molar-refractivity contribution is 9.10. The summed E-state index contributed by atoms with van der Waals surface area (Å²) >= 11 is 3.50. The van der Waals surface area contributed by atoms with Crippen LogP contribution in [-0.4, -0.2) is 6.16 Å². The Morgan fingerprint density at radius 2 is 1.69 bits per heavy atom. The van der Waals surface area contributed by atoms with Crippen LogP contribution in [0.15, 0.2) is 107 Å². The molecule has 0 bridgehead atoms. The lowest BCUT2D eigenvalue weighted by molar-refractivity contribution is 0.604. The first-order valence-corrected chi connectivity index (χ1v) is 13.8. The maximum absolute atomic E-state index is 9.94. The van der Waals surface area contributed by atoms with Crippen molar-refractivity contribution in [2.24, 2.45) is 0 Å². The lowest BCUT2D eigenvalue weighted by Gasteiger charge is -2.24. The van der Waals surface area contributed by atoms with Crippen LogP contribution in [0.2, 0.25) is 0 Å². The highest BCUT2D eigenvalue weighted by atomic mass is 79.9. The molecule has 0 saturated heterocycles. The van der Waals surface area contributed by atoms with Gasteiger partial charge in [-0.15, -0.1) is 0 Å². The predicted molar refractivity (Wildman–Crippen MR) is 153 cm³/mol. The van der Waals surface area contributed by atoms with Crippen LogP contribution in [0.4, 0.5) is 0 Å². The quantitative estimate of drug-likeness (QED) is 0.249. The second-order valence-electron chi connectivity index (χ2n) is 8.64. The van der Waals surface area contributed by atoms with Crippen molar-refractivity contribution in [3.8, 4) is 23.3 Å². The summed E-state index contributed by atoms with van der Waals surface area (Å²) in [6, 6.07) is 31.1. The molecule has 174 valence electrons. The van der Waals surface area contributed by atoms with Crippen LogP contribution in [0.3, 0.4) is 0 Å². The van der Waals surface area contributed by atoms with Crippen molar-refractivity contribution in [1.29, 1.82) is 10.5 Å². The third-order valence-corrected chi connectivity index (χ3v) is 8.05. The smallest absolute Gasteiger partial charge is 0.100 e. The maximum atomic E-state index is 9.94. The van der Waals surface area contributed by atoms with Crippen LogP contribution in [0.5, 0.6) is 0 Å². The number of rotatable bonds is 6. The zero-order chi connectivity index (χ0) is 24.9. The van der Waals surface area contributed by atoms with Crippen LogP contribution in [0, 0.1) is 22.7 Å². The average molecular weight is 548 g/mol. The minimum absolute atomic E-state index is 0.0232. The van der Waals surface area contributed by atoms with E-state index in [9.17, 15) is 10.5 Å². The molecule has 5 heteroatoms. The van der Waals surface area contributed by atoms with Crippen molar-refractivity contribution >= 4 is 35.3 Å². The molecule has 0 fully saturated rings. The summed E-state index contributed by atoms with van der Waals surface area (Å²) in [5.41, 5.74) is 6.75. The van der Waals surface area contributed by atoms with Gasteiger partial charge in [0.15, 0.2) is 0 Å². The molecule has 4 aromatic carbocycles. The molecule has 2 atom stereocenters. The predicted octanol–water partition coefficient (Wildman–Crippen LogP) is 7.98. The van der Waals surface area contributed by atoms with Crippen molar-refractivity contribution in [1.82, 2.24) is 5.32 Å². The minimum Gasteiger partial charge on any atom is -0.302 e. The van der Waals surface area contributed by atoms with Gasteiger partial charge in [0.1, 0.15) is 6.07 Å². The van der Waals surface area contributed by atoms with Crippen LogP contribution in [0.25, 0.3) is 21.9 Å². The molecule has 1 N–H and O–H groups in total. The summed E-state index contributed by atoms with van der Waals surface area (Å²) in [5.74, 6) is 2.32. The molecule has 2 unspecified atom stereocenters. The van der Waals surface area contributed by atoms with Gasteiger partial charge in [-0.2, -0.15) is 10.5 Å². The molecule has 0 saturated carbocycles. The third-order valence-electron chi connectivity index (χ3n) is 6.39. The Bertz CT molecular complexity index is 1580. The van der Waals surface area contributed by atoms with Gasteiger partial charge in [-0.25, -0.2) is 0 Å². The molecule has 36 heavy (non-hydrogen) atoms. The number of nitrogens with one attached hydrogen (secondary N) is 1.